The molecule has 6 nitrogen and oxygen atoms in total. The van der Waals surface area contributed by atoms with E-state index in [4.69, 9.17) is 4.74 Å². The van der Waals surface area contributed by atoms with E-state index in [9.17, 15) is 8.42 Å². The van der Waals surface area contributed by atoms with E-state index in [0.717, 1.165) is 5.56 Å². The lowest BCUT2D eigenvalue weighted by Gasteiger charge is -2.10. The monoisotopic (exact) mass is 421 g/mol. The van der Waals surface area contributed by atoms with Crippen molar-refractivity contribution >= 4 is 31.6 Å². The summed E-state index contributed by atoms with van der Waals surface area (Å²) in [6.07, 6.45) is 3.12. The molecular weight excluding hydrogens is 406 g/mol. The topological polar surface area (TPSA) is 73.2 Å². The Bertz CT molecular complexity index is 972. The largest absolute Gasteiger partial charge is 0.495 e. The zero-order valence-corrected chi connectivity index (χ0v) is 15.8. The van der Waals surface area contributed by atoms with Crippen LogP contribution < -0.4 is 9.46 Å². The maximum atomic E-state index is 12.7. The number of nitrogens with zero attached hydrogens (tertiary/aromatic N) is 2. The Morgan fingerprint density at radius 1 is 1.20 bits per heavy atom. The van der Waals surface area contributed by atoms with E-state index in [1.54, 1.807) is 23.0 Å². The van der Waals surface area contributed by atoms with Crippen molar-refractivity contribution in [1.29, 1.82) is 0 Å². The summed E-state index contributed by atoms with van der Waals surface area (Å²) < 4.78 is 35.3. The Kier molecular flexibility index (Phi) is 5.10. The molecule has 0 amide bonds. The van der Waals surface area contributed by atoms with Gasteiger partial charge in [0, 0.05) is 10.7 Å². The van der Waals surface area contributed by atoms with Crippen LogP contribution in [0.4, 0.5) is 5.69 Å². The molecule has 0 radical (unpaired) electrons. The van der Waals surface area contributed by atoms with Gasteiger partial charge >= 0.3 is 0 Å². The molecule has 0 bridgehead atoms. The van der Waals surface area contributed by atoms with Gasteiger partial charge in [-0.3, -0.25) is 9.40 Å². The van der Waals surface area contributed by atoms with Gasteiger partial charge in [0.15, 0.2) is 0 Å². The lowest BCUT2D eigenvalue weighted by molar-refractivity contribution is 0.403. The maximum Gasteiger partial charge on any atom is 0.265 e. The van der Waals surface area contributed by atoms with Crippen LogP contribution in [0.25, 0.3) is 0 Å². The Hall–Kier alpha value is -2.32. The normalized spacial score (nSPS) is 11.3. The molecule has 1 heterocycles. The van der Waals surface area contributed by atoms with Crippen molar-refractivity contribution in [2.75, 3.05) is 11.8 Å². The molecule has 3 aromatic rings. The van der Waals surface area contributed by atoms with Crippen LogP contribution in [0.3, 0.4) is 0 Å². The van der Waals surface area contributed by atoms with Gasteiger partial charge in [-0.05, 0) is 23.8 Å². The molecule has 0 fully saturated rings. The predicted molar refractivity (Wildman–Crippen MR) is 99.3 cm³/mol. The highest BCUT2D eigenvalue weighted by atomic mass is 79.9. The molecule has 1 N–H and O–H groups in total. The minimum absolute atomic E-state index is 0.0557. The van der Waals surface area contributed by atoms with Crippen LogP contribution in [0.2, 0.25) is 0 Å². The molecule has 0 saturated heterocycles. The van der Waals surface area contributed by atoms with Gasteiger partial charge in [-0.25, -0.2) is 8.42 Å². The summed E-state index contributed by atoms with van der Waals surface area (Å²) in [6.45, 7) is 0.558. The number of halogens is 1. The first-order valence-corrected chi connectivity index (χ1v) is 9.68. The maximum absolute atomic E-state index is 12.7. The number of rotatable bonds is 6. The molecule has 25 heavy (non-hydrogen) atoms. The lowest BCUT2D eigenvalue weighted by atomic mass is 10.2. The van der Waals surface area contributed by atoms with Gasteiger partial charge < -0.3 is 4.74 Å². The van der Waals surface area contributed by atoms with Crippen LogP contribution >= 0.6 is 15.9 Å². The van der Waals surface area contributed by atoms with Gasteiger partial charge in [-0.15, -0.1) is 0 Å². The number of nitrogens with one attached hydrogen (secondary N) is 1. The van der Waals surface area contributed by atoms with Gasteiger partial charge in [0.05, 0.1) is 25.5 Å². The third kappa shape index (κ3) is 4.21. The lowest BCUT2D eigenvalue weighted by Crippen LogP contribution is -2.13. The third-order valence-corrected chi connectivity index (χ3v) is 5.38. The van der Waals surface area contributed by atoms with Gasteiger partial charge in [0.25, 0.3) is 10.0 Å². The average Bonchev–Trinajstić information content (AvgIpc) is 3.02. The van der Waals surface area contributed by atoms with Crippen LogP contribution in [0, 0.1) is 0 Å². The molecule has 0 aliphatic rings. The van der Waals surface area contributed by atoms with Gasteiger partial charge in [0.1, 0.15) is 10.6 Å². The molecule has 0 unspecified atom stereocenters. The standard InChI is InChI=1S/C17H16BrN3O3S/c1-24-16-8-7-14(18)9-17(16)25(22,23)20-15-10-19-21(12-15)11-13-5-3-2-4-6-13/h2-10,12,20H,11H2,1H3. The second-order valence-corrected chi connectivity index (χ2v) is 7.88. The van der Waals surface area contributed by atoms with Gasteiger partial charge in [0.2, 0.25) is 0 Å². The first kappa shape index (κ1) is 17.5. The number of hydrogen-bond donors (Lipinski definition) is 1. The van der Waals surface area contributed by atoms with Gasteiger partial charge in [-0.2, -0.15) is 5.10 Å². The van der Waals surface area contributed by atoms with E-state index >= 15 is 0 Å². The Morgan fingerprint density at radius 3 is 2.68 bits per heavy atom. The number of hydrogen-bond acceptors (Lipinski definition) is 4. The minimum atomic E-state index is -3.80. The summed E-state index contributed by atoms with van der Waals surface area (Å²) in [6, 6.07) is 14.6. The van der Waals surface area contributed by atoms with Crippen LogP contribution in [-0.4, -0.2) is 25.3 Å². The molecule has 0 saturated carbocycles. The Morgan fingerprint density at radius 2 is 1.96 bits per heavy atom. The fourth-order valence-electron chi connectivity index (χ4n) is 2.34. The number of benzene rings is 2. The first-order valence-electron chi connectivity index (χ1n) is 7.41. The zero-order valence-electron chi connectivity index (χ0n) is 13.4. The van der Waals surface area contributed by atoms with Crippen molar-refractivity contribution in [3.8, 4) is 5.75 Å². The molecule has 2 aromatic carbocycles. The van der Waals surface area contributed by atoms with E-state index in [1.807, 2.05) is 30.3 Å². The molecule has 1 aromatic heterocycles. The van der Waals surface area contributed by atoms with E-state index in [1.165, 1.54) is 19.4 Å². The second kappa shape index (κ2) is 7.28. The molecule has 8 heteroatoms. The van der Waals surface area contributed by atoms with Crippen LogP contribution in [-0.2, 0) is 16.6 Å². The molecule has 0 spiro atoms. The summed E-state index contributed by atoms with van der Waals surface area (Å²) in [5.41, 5.74) is 1.46. The highest BCUT2D eigenvalue weighted by Gasteiger charge is 2.20. The number of methoxy groups -OCH3 is 1. The molecular formula is C17H16BrN3O3S. The molecule has 0 aliphatic heterocycles. The number of aromatic nitrogens is 2. The summed E-state index contributed by atoms with van der Waals surface area (Å²) >= 11 is 3.28. The van der Waals surface area contributed by atoms with E-state index in [0.29, 0.717) is 16.7 Å². The van der Waals surface area contributed by atoms with E-state index < -0.39 is 10.0 Å². The summed E-state index contributed by atoms with van der Waals surface area (Å²) in [5, 5.41) is 4.20. The molecule has 0 aliphatic carbocycles. The SMILES string of the molecule is COc1ccc(Br)cc1S(=O)(=O)Nc1cnn(Cc2ccccc2)c1. The van der Waals surface area contributed by atoms with Crippen molar-refractivity contribution in [3.63, 3.8) is 0 Å². The van der Waals surface area contributed by atoms with Crippen LogP contribution in [0.1, 0.15) is 5.56 Å². The minimum Gasteiger partial charge on any atom is -0.495 e. The average molecular weight is 422 g/mol. The van der Waals surface area contributed by atoms with E-state index in [-0.39, 0.29) is 10.6 Å². The molecule has 130 valence electrons. The summed E-state index contributed by atoms with van der Waals surface area (Å²) in [4.78, 5) is 0.0557. The fourth-order valence-corrected chi connectivity index (χ4v) is 4.08. The van der Waals surface area contributed by atoms with E-state index in [2.05, 4.69) is 25.8 Å². The number of ether oxygens (including phenoxy) is 1. The summed E-state index contributed by atoms with van der Waals surface area (Å²) in [7, 11) is -2.37. The highest BCUT2D eigenvalue weighted by Crippen LogP contribution is 2.28. The van der Waals surface area contributed by atoms with Crippen molar-refractivity contribution in [2.24, 2.45) is 0 Å². The zero-order chi connectivity index (χ0) is 17.9. The van der Waals surface area contributed by atoms with Crippen LogP contribution in [0.15, 0.2) is 70.3 Å². The highest BCUT2D eigenvalue weighted by molar-refractivity contribution is 9.10. The smallest absolute Gasteiger partial charge is 0.265 e. The number of sulfonamides is 1. The third-order valence-electron chi connectivity index (χ3n) is 3.49. The fraction of sp³-hybridized carbons (Fsp3) is 0.118. The van der Waals surface area contributed by atoms with Crippen LogP contribution in [0.5, 0.6) is 5.75 Å². The van der Waals surface area contributed by atoms with Gasteiger partial charge in [-0.1, -0.05) is 46.3 Å². The molecule has 0 atom stereocenters. The molecule has 3 rings (SSSR count). The van der Waals surface area contributed by atoms with Crippen molar-refractivity contribution in [1.82, 2.24) is 9.78 Å². The Labute approximate surface area is 154 Å². The second-order valence-electron chi connectivity index (χ2n) is 5.31. The Balaban J connectivity index is 1.81. The van der Waals surface area contributed by atoms with Crippen molar-refractivity contribution in [3.05, 3.63) is 71.0 Å². The predicted octanol–water partition coefficient (Wildman–Crippen LogP) is 3.50. The quantitative estimate of drug-likeness (QED) is 0.660. The van der Waals surface area contributed by atoms with Crippen molar-refractivity contribution < 1.29 is 13.2 Å². The summed E-state index contributed by atoms with van der Waals surface area (Å²) in [5.74, 6) is 0.271. The van der Waals surface area contributed by atoms with Crippen molar-refractivity contribution in [2.45, 2.75) is 11.4 Å². The number of anilines is 1. The first-order chi connectivity index (χ1) is 12.0.